The van der Waals surface area contributed by atoms with E-state index in [4.69, 9.17) is 0 Å². The molecule has 130 valence electrons. The summed E-state index contributed by atoms with van der Waals surface area (Å²) in [5.74, 6) is 1.82. The van der Waals surface area contributed by atoms with Crippen LogP contribution in [0.15, 0.2) is 12.4 Å². The Hall–Kier alpha value is -1.20. The van der Waals surface area contributed by atoms with E-state index >= 15 is 0 Å². The molecule has 2 N–H and O–H groups in total. The van der Waals surface area contributed by atoms with Gasteiger partial charge in [-0.05, 0) is 37.8 Å². The van der Waals surface area contributed by atoms with Crippen molar-refractivity contribution in [3.8, 4) is 0 Å². The Labute approximate surface area is 145 Å². The number of anilines is 1. The van der Waals surface area contributed by atoms with E-state index in [1.54, 1.807) is 12.4 Å². The summed E-state index contributed by atoms with van der Waals surface area (Å²) in [5.41, 5.74) is 0.595. The van der Waals surface area contributed by atoms with Gasteiger partial charge >= 0.3 is 0 Å². The molecule has 0 bridgehead atoms. The third-order valence-corrected chi connectivity index (χ3v) is 4.25. The number of aromatic nitrogens is 2. The second-order valence-corrected chi connectivity index (χ2v) is 7.38. The van der Waals surface area contributed by atoms with E-state index in [1.165, 1.54) is 12.8 Å². The normalized spacial score (nSPS) is 19.6. The molecule has 23 heavy (non-hydrogen) atoms. The van der Waals surface area contributed by atoms with Crippen molar-refractivity contribution >= 4 is 24.0 Å². The van der Waals surface area contributed by atoms with Crippen molar-refractivity contribution < 1.29 is 4.79 Å². The summed E-state index contributed by atoms with van der Waals surface area (Å²) in [6.45, 7) is 10.5. The van der Waals surface area contributed by atoms with Crippen LogP contribution in [0.25, 0.3) is 0 Å². The van der Waals surface area contributed by atoms with E-state index in [9.17, 15) is 4.79 Å². The van der Waals surface area contributed by atoms with Gasteiger partial charge in [-0.25, -0.2) is 9.97 Å². The summed E-state index contributed by atoms with van der Waals surface area (Å²) in [7, 11) is 0. The number of hydrogen-bond acceptors (Lipinski definition) is 4. The first kappa shape index (κ1) is 19.8. The predicted molar refractivity (Wildman–Crippen MR) is 96.0 cm³/mol. The summed E-state index contributed by atoms with van der Waals surface area (Å²) < 4.78 is 0. The van der Waals surface area contributed by atoms with Crippen LogP contribution in [0.1, 0.15) is 52.8 Å². The maximum Gasteiger partial charge on any atom is 0.224 e. The number of rotatable bonds is 4. The SMILES string of the molecule is CC(CC(=O)Nc1cnc(C(C)(C)C)nc1)C1CCCNC1.Cl. The highest BCUT2D eigenvalue weighted by Gasteiger charge is 2.22. The van der Waals surface area contributed by atoms with Crippen LogP contribution in [0.3, 0.4) is 0 Å². The number of nitrogens with zero attached hydrogens (tertiary/aromatic N) is 2. The predicted octanol–water partition coefficient (Wildman–Crippen LogP) is 3.16. The second-order valence-electron chi connectivity index (χ2n) is 7.38. The molecule has 2 heterocycles. The van der Waals surface area contributed by atoms with Crippen LogP contribution in [0, 0.1) is 11.8 Å². The zero-order chi connectivity index (χ0) is 16.2. The fourth-order valence-corrected chi connectivity index (χ4v) is 2.82. The van der Waals surface area contributed by atoms with Gasteiger partial charge in [-0.15, -0.1) is 12.4 Å². The van der Waals surface area contributed by atoms with Gasteiger partial charge in [0.2, 0.25) is 5.91 Å². The molecule has 2 unspecified atom stereocenters. The van der Waals surface area contributed by atoms with Crippen molar-refractivity contribution in [2.75, 3.05) is 18.4 Å². The fraction of sp³-hybridized carbons (Fsp3) is 0.706. The molecule has 1 aliphatic rings. The maximum absolute atomic E-state index is 12.2. The molecule has 5 nitrogen and oxygen atoms in total. The lowest BCUT2D eigenvalue weighted by Gasteiger charge is -2.28. The summed E-state index contributed by atoms with van der Waals surface area (Å²) >= 11 is 0. The highest BCUT2D eigenvalue weighted by Crippen LogP contribution is 2.23. The first-order chi connectivity index (χ1) is 10.4. The number of amides is 1. The maximum atomic E-state index is 12.2. The molecule has 0 aliphatic carbocycles. The van der Waals surface area contributed by atoms with Crippen molar-refractivity contribution in [3.63, 3.8) is 0 Å². The molecule has 0 radical (unpaired) electrons. The number of carbonyl (C=O) groups is 1. The smallest absolute Gasteiger partial charge is 0.224 e. The van der Waals surface area contributed by atoms with E-state index in [0.29, 0.717) is 23.9 Å². The van der Waals surface area contributed by atoms with Gasteiger partial charge in [0.25, 0.3) is 0 Å². The molecule has 0 saturated carbocycles. The molecule has 2 atom stereocenters. The number of piperidine rings is 1. The van der Waals surface area contributed by atoms with E-state index in [0.717, 1.165) is 18.9 Å². The van der Waals surface area contributed by atoms with Crippen LogP contribution >= 0.6 is 12.4 Å². The summed E-state index contributed by atoms with van der Waals surface area (Å²) in [4.78, 5) is 20.8. The van der Waals surface area contributed by atoms with Gasteiger partial charge in [0, 0.05) is 11.8 Å². The average Bonchev–Trinajstić information content (AvgIpc) is 2.47. The van der Waals surface area contributed by atoms with E-state index in [2.05, 4.69) is 48.3 Å². The summed E-state index contributed by atoms with van der Waals surface area (Å²) in [5, 5.41) is 6.31. The first-order valence-electron chi connectivity index (χ1n) is 8.19. The molecule has 6 heteroatoms. The monoisotopic (exact) mass is 340 g/mol. The third kappa shape index (κ3) is 6.07. The van der Waals surface area contributed by atoms with Gasteiger partial charge in [-0.2, -0.15) is 0 Å². The minimum absolute atomic E-state index is 0. The standard InChI is InChI=1S/C17H28N4O.ClH/c1-12(13-6-5-7-18-9-13)8-15(22)21-14-10-19-16(20-11-14)17(2,3)4;/h10-13,18H,5-9H2,1-4H3,(H,21,22);1H. The molecular weight excluding hydrogens is 312 g/mol. The van der Waals surface area contributed by atoms with Gasteiger partial charge in [0.15, 0.2) is 0 Å². The first-order valence-corrected chi connectivity index (χ1v) is 8.19. The zero-order valence-corrected chi connectivity index (χ0v) is 15.4. The topological polar surface area (TPSA) is 66.9 Å². The van der Waals surface area contributed by atoms with Gasteiger partial charge in [0.05, 0.1) is 18.1 Å². The van der Waals surface area contributed by atoms with Crippen LogP contribution in [0.4, 0.5) is 5.69 Å². The van der Waals surface area contributed by atoms with Crippen molar-refractivity contribution in [1.29, 1.82) is 0 Å². The molecule has 1 aromatic rings. The van der Waals surface area contributed by atoms with E-state index in [-0.39, 0.29) is 23.7 Å². The molecule has 1 saturated heterocycles. The van der Waals surface area contributed by atoms with Crippen molar-refractivity contribution in [2.45, 2.75) is 52.4 Å². The Bertz CT molecular complexity index is 492. The lowest BCUT2D eigenvalue weighted by atomic mass is 9.85. The Kier molecular flexibility index (Phi) is 7.42. The Balaban J connectivity index is 0.00000264. The molecule has 1 aliphatic heterocycles. The van der Waals surface area contributed by atoms with Gasteiger partial charge in [0.1, 0.15) is 5.82 Å². The van der Waals surface area contributed by atoms with Crippen molar-refractivity contribution in [3.05, 3.63) is 18.2 Å². The van der Waals surface area contributed by atoms with Crippen molar-refractivity contribution in [2.24, 2.45) is 11.8 Å². The second kappa shape index (κ2) is 8.60. The van der Waals surface area contributed by atoms with Crippen LogP contribution in [-0.4, -0.2) is 29.0 Å². The van der Waals surface area contributed by atoms with Gasteiger partial charge in [-0.3, -0.25) is 4.79 Å². The van der Waals surface area contributed by atoms with Crippen molar-refractivity contribution in [1.82, 2.24) is 15.3 Å². The number of nitrogens with one attached hydrogen (secondary N) is 2. The third-order valence-electron chi connectivity index (χ3n) is 4.25. The molecule has 1 amide bonds. The molecule has 1 fully saturated rings. The quantitative estimate of drug-likeness (QED) is 0.883. The number of hydrogen-bond donors (Lipinski definition) is 2. The fourth-order valence-electron chi connectivity index (χ4n) is 2.82. The minimum atomic E-state index is -0.0783. The van der Waals surface area contributed by atoms with Crippen LogP contribution in [0.2, 0.25) is 0 Å². The summed E-state index contributed by atoms with van der Waals surface area (Å²) in [6.07, 6.45) is 6.35. The number of carbonyl (C=O) groups excluding carboxylic acids is 1. The lowest BCUT2D eigenvalue weighted by Crippen LogP contribution is -2.34. The van der Waals surface area contributed by atoms with Crippen LogP contribution < -0.4 is 10.6 Å². The average molecular weight is 341 g/mol. The van der Waals surface area contributed by atoms with Gasteiger partial charge in [-0.1, -0.05) is 27.7 Å². The Morgan fingerprint density at radius 2 is 2.04 bits per heavy atom. The van der Waals surface area contributed by atoms with Crippen LogP contribution in [-0.2, 0) is 10.2 Å². The Morgan fingerprint density at radius 3 is 2.57 bits per heavy atom. The van der Waals surface area contributed by atoms with E-state index in [1.807, 2.05) is 0 Å². The zero-order valence-electron chi connectivity index (χ0n) is 14.6. The molecule has 0 spiro atoms. The molecule has 1 aromatic heterocycles. The lowest BCUT2D eigenvalue weighted by molar-refractivity contribution is -0.117. The number of halogens is 1. The highest BCUT2D eigenvalue weighted by atomic mass is 35.5. The Morgan fingerprint density at radius 1 is 1.39 bits per heavy atom. The minimum Gasteiger partial charge on any atom is -0.323 e. The van der Waals surface area contributed by atoms with Crippen LogP contribution in [0.5, 0.6) is 0 Å². The molecular formula is C17H29ClN4O. The van der Waals surface area contributed by atoms with Gasteiger partial charge < -0.3 is 10.6 Å². The highest BCUT2D eigenvalue weighted by molar-refractivity contribution is 5.90. The summed E-state index contributed by atoms with van der Waals surface area (Å²) in [6, 6.07) is 0. The molecule has 0 aromatic carbocycles. The van der Waals surface area contributed by atoms with E-state index < -0.39 is 0 Å². The molecule has 2 rings (SSSR count). The largest absolute Gasteiger partial charge is 0.323 e.